The lowest BCUT2D eigenvalue weighted by Crippen LogP contribution is -2.36. The maximum atomic E-state index is 11.9. The third-order valence-corrected chi connectivity index (χ3v) is 5.77. The van der Waals surface area contributed by atoms with E-state index in [9.17, 15) is 4.79 Å². The lowest BCUT2D eigenvalue weighted by molar-refractivity contribution is 0.0636. The lowest BCUT2D eigenvalue weighted by Gasteiger charge is -2.29. The number of rotatable bonds is 6. The molecular formula is C25H29N5O3S. The molecule has 0 bridgehead atoms. The molecule has 1 aromatic heterocycles. The van der Waals surface area contributed by atoms with Gasteiger partial charge < -0.3 is 19.7 Å². The van der Waals surface area contributed by atoms with Gasteiger partial charge in [0.25, 0.3) is 0 Å². The van der Waals surface area contributed by atoms with Gasteiger partial charge in [-0.05, 0) is 69.3 Å². The van der Waals surface area contributed by atoms with E-state index in [4.69, 9.17) is 9.47 Å². The smallest absolute Gasteiger partial charge is 0.412 e. The first kappa shape index (κ1) is 23.8. The van der Waals surface area contributed by atoms with Crippen molar-refractivity contribution in [2.24, 2.45) is 0 Å². The SMILES string of the molecule is CC(C)(C)OC(=O)Nc1ccc(Sc2ccnc(Nc3cccc(N4CCOCC4)c3)n2)cc1. The second-order valence-electron chi connectivity index (χ2n) is 8.75. The summed E-state index contributed by atoms with van der Waals surface area (Å²) < 4.78 is 10.7. The quantitative estimate of drug-likeness (QED) is 0.445. The zero-order valence-corrected chi connectivity index (χ0v) is 20.4. The molecule has 0 aliphatic carbocycles. The standard InChI is InChI=1S/C25H29N5O3S/c1-25(2,3)33-24(31)28-18-7-9-21(10-8-18)34-22-11-12-26-23(29-22)27-19-5-4-6-20(17-19)30-13-15-32-16-14-30/h4-12,17H,13-16H2,1-3H3,(H,28,31)(H,26,27,29). The molecule has 0 spiro atoms. The number of carbonyl (C=O) groups excluding carboxylic acids is 1. The van der Waals surface area contributed by atoms with Crippen LogP contribution in [0.3, 0.4) is 0 Å². The highest BCUT2D eigenvalue weighted by atomic mass is 32.2. The van der Waals surface area contributed by atoms with Crippen molar-refractivity contribution in [2.45, 2.75) is 36.3 Å². The van der Waals surface area contributed by atoms with Crippen molar-refractivity contribution in [3.63, 3.8) is 0 Å². The Morgan fingerprint density at radius 2 is 1.82 bits per heavy atom. The summed E-state index contributed by atoms with van der Waals surface area (Å²) in [4.78, 5) is 24.2. The van der Waals surface area contributed by atoms with Crippen molar-refractivity contribution in [1.82, 2.24) is 9.97 Å². The number of anilines is 4. The minimum Gasteiger partial charge on any atom is -0.444 e. The Hall–Kier alpha value is -3.30. The van der Waals surface area contributed by atoms with Gasteiger partial charge in [-0.2, -0.15) is 0 Å². The molecule has 1 amide bonds. The molecule has 1 fully saturated rings. The van der Waals surface area contributed by atoms with E-state index in [-0.39, 0.29) is 0 Å². The number of hydrogen-bond donors (Lipinski definition) is 2. The van der Waals surface area contributed by atoms with Crippen LogP contribution in [0.5, 0.6) is 0 Å². The zero-order valence-electron chi connectivity index (χ0n) is 19.6. The molecule has 1 aliphatic rings. The highest BCUT2D eigenvalue weighted by molar-refractivity contribution is 7.99. The summed E-state index contributed by atoms with van der Waals surface area (Å²) in [7, 11) is 0. The predicted octanol–water partition coefficient (Wildman–Crippen LogP) is 5.56. The first-order valence-electron chi connectivity index (χ1n) is 11.1. The normalized spacial score (nSPS) is 13.9. The summed E-state index contributed by atoms with van der Waals surface area (Å²) in [5.74, 6) is 0.535. The molecular weight excluding hydrogens is 450 g/mol. The van der Waals surface area contributed by atoms with E-state index >= 15 is 0 Å². The number of amides is 1. The summed E-state index contributed by atoms with van der Waals surface area (Å²) in [6.45, 7) is 8.76. The molecule has 8 nitrogen and oxygen atoms in total. The van der Waals surface area contributed by atoms with Crippen LogP contribution in [0.15, 0.2) is 70.7 Å². The molecule has 0 radical (unpaired) electrons. The van der Waals surface area contributed by atoms with Gasteiger partial charge in [-0.3, -0.25) is 5.32 Å². The number of morpholine rings is 1. The van der Waals surface area contributed by atoms with Gasteiger partial charge in [0, 0.05) is 41.2 Å². The van der Waals surface area contributed by atoms with Crippen LogP contribution in [0.1, 0.15) is 20.8 Å². The van der Waals surface area contributed by atoms with E-state index in [1.807, 2.05) is 63.2 Å². The van der Waals surface area contributed by atoms with Crippen LogP contribution in [0, 0.1) is 0 Å². The number of nitrogens with one attached hydrogen (secondary N) is 2. The highest BCUT2D eigenvalue weighted by Gasteiger charge is 2.16. The predicted molar refractivity (Wildman–Crippen MR) is 135 cm³/mol. The average molecular weight is 480 g/mol. The molecule has 4 rings (SSSR count). The molecule has 0 unspecified atom stereocenters. The fourth-order valence-corrected chi connectivity index (χ4v) is 4.11. The minimum absolute atomic E-state index is 0.475. The molecule has 2 aromatic carbocycles. The Morgan fingerprint density at radius 1 is 1.06 bits per heavy atom. The number of nitrogens with zero attached hydrogens (tertiary/aromatic N) is 3. The van der Waals surface area contributed by atoms with Crippen molar-refractivity contribution in [3.05, 3.63) is 60.8 Å². The molecule has 9 heteroatoms. The maximum absolute atomic E-state index is 11.9. The fraction of sp³-hybridized carbons (Fsp3) is 0.320. The van der Waals surface area contributed by atoms with Crippen LogP contribution in [-0.2, 0) is 9.47 Å². The fourth-order valence-electron chi connectivity index (χ4n) is 3.34. The van der Waals surface area contributed by atoms with Gasteiger partial charge in [-0.25, -0.2) is 14.8 Å². The molecule has 0 atom stereocenters. The van der Waals surface area contributed by atoms with Gasteiger partial charge in [0.2, 0.25) is 5.95 Å². The summed E-state index contributed by atoms with van der Waals surface area (Å²) in [6.07, 6.45) is 1.26. The summed E-state index contributed by atoms with van der Waals surface area (Å²) in [5, 5.41) is 6.86. The third kappa shape index (κ3) is 7.10. The maximum Gasteiger partial charge on any atom is 0.412 e. The van der Waals surface area contributed by atoms with Crippen molar-refractivity contribution in [3.8, 4) is 0 Å². The van der Waals surface area contributed by atoms with Gasteiger partial charge in [0.15, 0.2) is 0 Å². The van der Waals surface area contributed by atoms with Crippen LogP contribution in [-0.4, -0.2) is 48.0 Å². The molecule has 0 saturated carbocycles. The van der Waals surface area contributed by atoms with Crippen molar-refractivity contribution in [2.75, 3.05) is 41.8 Å². The Balaban J connectivity index is 1.37. The second-order valence-corrected chi connectivity index (χ2v) is 9.84. The Morgan fingerprint density at radius 3 is 2.56 bits per heavy atom. The highest BCUT2D eigenvalue weighted by Crippen LogP contribution is 2.28. The van der Waals surface area contributed by atoms with Gasteiger partial charge in [0.05, 0.1) is 13.2 Å². The molecule has 2 N–H and O–H groups in total. The van der Waals surface area contributed by atoms with E-state index in [1.165, 1.54) is 11.8 Å². The zero-order chi connectivity index (χ0) is 24.0. The van der Waals surface area contributed by atoms with E-state index in [1.54, 1.807) is 6.20 Å². The van der Waals surface area contributed by atoms with Crippen LogP contribution in [0.4, 0.5) is 27.8 Å². The molecule has 178 valence electrons. The number of benzene rings is 2. The van der Waals surface area contributed by atoms with Crippen molar-refractivity contribution >= 4 is 40.9 Å². The molecule has 1 saturated heterocycles. The summed E-state index contributed by atoms with van der Waals surface area (Å²) in [6, 6.07) is 17.6. The van der Waals surface area contributed by atoms with E-state index in [0.29, 0.717) is 11.6 Å². The van der Waals surface area contributed by atoms with Crippen molar-refractivity contribution < 1.29 is 14.3 Å². The lowest BCUT2D eigenvalue weighted by atomic mass is 10.2. The third-order valence-electron chi connectivity index (χ3n) is 4.83. The van der Waals surface area contributed by atoms with Crippen LogP contribution >= 0.6 is 11.8 Å². The van der Waals surface area contributed by atoms with Crippen LogP contribution in [0.2, 0.25) is 0 Å². The number of aromatic nitrogens is 2. The number of carbonyl (C=O) groups is 1. The summed E-state index contributed by atoms with van der Waals surface area (Å²) >= 11 is 1.52. The molecule has 3 aromatic rings. The van der Waals surface area contributed by atoms with Crippen LogP contribution in [0.25, 0.3) is 0 Å². The summed E-state index contributed by atoms with van der Waals surface area (Å²) in [5.41, 5.74) is 2.22. The molecule has 2 heterocycles. The minimum atomic E-state index is -0.539. The van der Waals surface area contributed by atoms with E-state index in [0.717, 1.165) is 47.6 Å². The van der Waals surface area contributed by atoms with Gasteiger partial charge >= 0.3 is 6.09 Å². The largest absolute Gasteiger partial charge is 0.444 e. The number of hydrogen-bond acceptors (Lipinski definition) is 8. The number of ether oxygens (including phenoxy) is 2. The monoisotopic (exact) mass is 479 g/mol. The average Bonchev–Trinajstić information content (AvgIpc) is 2.80. The molecule has 1 aliphatic heterocycles. The molecule has 34 heavy (non-hydrogen) atoms. The van der Waals surface area contributed by atoms with Crippen LogP contribution < -0.4 is 15.5 Å². The first-order chi connectivity index (χ1) is 16.3. The van der Waals surface area contributed by atoms with Gasteiger partial charge in [-0.1, -0.05) is 17.8 Å². The Labute approximate surface area is 204 Å². The van der Waals surface area contributed by atoms with Crippen molar-refractivity contribution in [1.29, 1.82) is 0 Å². The second kappa shape index (κ2) is 10.8. The topological polar surface area (TPSA) is 88.6 Å². The Kier molecular flexibility index (Phi) is 7.54. The van der Waals surface area contributed by atoms with E-state index in [2.05, 4.69) is 37.6 Å². The van der Waals surface area contributed by atoms with Gasteiger partial charge in [0.1, 0.15) is 10.6 Å². The first-order valence-corrected chi connectivity index (χ1v) is 12.0. The Bertz CT molecular complexity index is 1110. The van der Waals surface area contributed by atoms with E-state index < -0.39 is 11.7 Å². The van der Waals surface area contributed by atoms with Gasteiger partial charge in [-0.15, -0.1) is 0 Å².